The fraction of sp³-hybridized carbons (Fsp3) is 0.429. The number of ether oxygens (including phenoxy) is 2. The minimum absolute atomic E-state index is 0.110. The summed E-state index contributed by atoms with van der Waals surface area (Å²) in [6.07, 6.45) is 9.21. The number of methoxy groups -OCH3 is 2. The molecule has 8 heteroatoms. The maximum Gasteiger partial charge on any atom is 0.328 e. The fourth-order valence-electron chi connectivity index (χ4n) is 3.12. The highest BCUT2D eigenvalue weighted by Crippen LogP contribution is 2.23. The Morgan fingerprint density at radius 3 is 2.79 bits per heavy atom. The molecule has 1 amide bonds. The number of carbonyl (C=O) groups excluding carboxylic acids is 2. The number of rotatable bonds is 8. The van der Waals surface area contributed by atoms with E-state index in [1.807, 2.05) is 32.1 Å². The highest BCUT2D eigenvalue weighted by Gasteiger charge is 2.41. The first-order valence-corrected chi connectivity index (χ1v) is 9.41. The van der Waals surface area contributed by atoms with Crippen molar-refractivity contribution in [2.75, 3.05) is 26.1 Å². The normalized spacial score (nSPS) is 20.6. The standard InChI is InChI=1S/C21H28N4O4/c1-6-8-9-15(7-2)14(3)23-21-22-11-10-17(24-21)19(26)25-13-16(28-4)12-18(25)20(27)29-5/h6-11,14,16,18H,2,12-13H2,1,3-5H3,(H,22,23,24)/b8-6-,15-9+/t14-,16+,18-/m0/s1. The number of hydrogen-bond donors (Lipinski definition) is 1. The van der Waals surface area contributed by atoms with E-state index in [0.29, 0.717) is 18.9 Å². The zero-order chi connectivity index (χ0) is 21.4. The quantitative estimate of drug-likeness (QED) is 0.529. The molecule has 2 rings (SSSR count). The average molecular weight is 400 g/mol. The predicted octanol–water partition coefficient (Wildman–Crippen LogP) is 2.37. The first-order chi connectivity index (χ1) is 13.9. The Morgan fingerprint density at radius 2 is 2.17 bits per heavy atom. The monoisotopic (exact) mass is 400 g/mol. The van der Waals surface area contributed by atoms with Crippen LogP contribution in [0.1, 0.15) is 30.8 Å². The molecule has 0 saturated carbocycles. The van der Waals surface area contributed by atoms with Crippen LogP contribution in [0.5, 0.6) is 0 Å². The summed E-state index contributed by atoms with van der Waals surface area (Å²) in [7, 11) is 2.86. The van der Waals surface area contributed by atoms with Crippen LogP contribution in [-0.2, 0) is 14.3 Å². The van der Waals surface area contributed by atoms with Gasteiger partial charge in [-0.3, -0.25) is 4.79 Å². The molecule has 2 heterocycles. The number of amides is 1. The van der Waals surface area contributed by atoms with Crippen molar-refractivity contribution in [3.8, 4) is 0 Å². The van der Waals surface area contributed by atoms with Crippen LogP contribution in [0.15, 0.2) is 48.7 Å². The van der Waals surface area contributed by atoms with Gasteiger partial charge in [0.25, 0.3) is 5.91 Å². The van der Waals surface area contributed by atoms with Gasteiger partial charge in [0.05, 0.1) is 19.3 Å². The summed E-state index contributed by atoms with van der Waals surface area (Å²) in [4.78, 5) is 35.1. The van der Waals surface area contributed by atoms with E-state index in [1.165, 1.54) is 24.3 Å². The summed E-state index contributed by atoms with van der Waals surface area (Å²) < 4.78 is 10.2. The van der Waals surface area contributed by atoms with Crippen molar-refractivity contribution in [2.24, 2.45) is 0 Å². The molecule has 156 valence electrons. The van der Waals surface area contributed by atoms with Gasteiger partial charge < -0.3 is 19.7 Å². The van der Waals surface area contributed by atoms with E-state index in [4.69, 9.17) is 9.47 Å². The van der Waals surface area contributed by atoms with Gasteiger partial charge in [-0.2, -0.15) is 0 Å². The highest BCUT2D eigenvalue weighted by molar-refractivity contribution is 5.95. The summed E-state index contributed by atoms with van der Waals surface area (Å²) in [5.41, 5.74) is 1.15. The van der Waals surface area contributed by atoms with Gasteiger partial charge in [0.2, 0.25) is 5.95 Å². The number of aromatic nitrogens is 2. The van der Waals surface area contributed by atoms with E-state index < -0.39 is 12.0 Å². The van der Waals surface area contributed by atoms with Crippen molar-refractivity contribution in [3.05, 3.63) is 54.4 Å². The van der Waals surface area contributed by atoms with Gasteiger partial charge in [0.1, 0.15) is 11.7 Å². The second-order valence-electron chi connectivity index (χ2n) is 6.62. The Kier molecular flexibility index (Phi) is 8.09. The summed E-state index contributed by atoms with van der Waals surface area (Å²) in [6.45, 7) is 8.00. The van der Waals surface area contributed by atoms with E-state index in [9.17, 15) is 9.59 Å². The number of nitrogens with zero attached hydrogens (tertiary/aromatic N) is 3. The molecule has 0 bridgehead atoms. The van der Waals surface area contributed by atoms with Crippen LogP contribution in [0, 0.1) is 0 Å². The summed E-state index contributed by atoms with van der Waals surface area (Å²) in [5, 5.41) is 3.17. The van der Waals surface area contributed by atoms with Crippen LogP contribution in [0.2, 0.25) is 0 Å². The molecule has 0 aliphatic carbocycles. The first kappa shape index (κ1) is 22.3. The van der Waals surface area contributed by atoms with Crippen molar-refractivity contribution >= 4 is 17.8 Å². The minimum atomic E-state index is -0.695. The van der Waals surface area contributed by atoms with E-state index in [1.54, 1.807) is 13.2 Å². The van der Waals surface area contributed by atoms with Crippen LogP contribution in [-0.4, -0.2) is 65.7 Å². The number of allylic oxidation sites excluding steroid dienone is 3. The lowest BCUT2D eigenvalue weighted by Gasteiger charge is -2.22. The Balaban J connectivity index is 2.20. The SMILES string of the molecule is C=C/C(=C\C=C/C)[C@H](C)Nc1nccc(C(=O)N2C[C@H](OC)C[C@H]2C(=O)OC)n1. The number of likely N-dealkylation sites (tertiary alicyclic amines) is 1. The zero-order valence-electron chi connectivity index (χ0n) is 17.3. The van der Waals surface area contributed by atoms with Gasteiger partial charge in [-0.25, -0.2) is 14.8 Å². The van der Waals surface area contributed by atoms with E-state index in [0.717, 1.165) is 5.57 Å². The molecule has 1 aromatic rings. The molecule has 8 nitrogen and oxygen atoms in total. The van der Waals surface area contributed by atoms with Crippen LogP contribution in [0.3, 0.4) is 0 Å². The van der Waals surface area contributed by atoms with Crippen LogP contribution in [0.4, 0.5) is 5.95 Å². The third kappa shape index (κ3) is 5.51. The van der Waals surface area contributed by atoms with Gasteiger partial charge in [0, 0.05) is 26.3 Å². The molecule has 0 spiro atoms. The number of carbonyl (C=O) groups is 2. The summed E-state index contributed by atoms with van der Waals surface area (Å²) in [5.74, 6) is -0.524. The van der Waals surface area contributed by atoms with Crippen molar-refractivity contribution < 1.29 is 19.1 Å². The van der Waals surface area contributed by atoms with Crippen LogP contribution < -0.4 is 5.32 Å². The zero-order valence-corrected chi connectivity index (χ0v) is 17.3. The average Bonchev–Trinajstić information content (AvgIpc) is 3.18. The van der Waals surface area contributed by atoms with Crippen molar-refractivity contribution in [1.82, 2.24) is 14.9 Å². The molecule has 0 radical (unpaired) electrons. The minimum Gasteiger partial charge on any atom is -0.467 e. The number of anilines is 1. The maximum atomic E-state index is 13.0. The van der Waals surface area contributed by atoms with Crippen molar-refractivity contribution in [1.29, 1.82) is 0 Å². The van der Waals surface area contributed by atoms with E-state index >= 15 is 0 Å². The second-order valence-corrected chi connectivity index (χ2v) is 6.62. The molecule has 1 aliphatic heterocycles. The number of nitrogens with one attached hydrogen (secondary N) is 1. The van der Waals surface area contributed by atoms with Crippen LogP contribution in [0.25, 0.3) is 0 Å². The van der Waals surface area contributed by atoms with Crippen LogP contribution >= 0.6 is 0 Å². The molecule has 1 aliphatic rings. The lowest BCUT2D eigenvalue weighted by atomic mass is 10.1. The van der Waals surface area contributed by atoms with Gasteiger partial charge in [-0.1, -0.05) is 30.9 Å². The van der Waals surface area contributed by atoms with Gasteiger partial charge >= 0.3 is 5.97 Å². The van der Waals surface area contributed by atoms with Gasteiger partial charge in [0.15, 0.2) is 0 Å². The molecule has 1 aromatic heterocycles. The molecule has 1 saturated heterocycles. The Labute approximate surface area is 171 Å². The third-order valence-corrected chi connectivity index (χ3v) is 4.77. The van der Waals surface area contributed by atoms with Gasteiger partial charge in [-0.05, 0) is 25.5 Å². The molecular formula is C21H28N4O4. The highest BCUT2D eigenvalue weighted by atomic mass is 16.5. The lowest BCUT2D eigenvalue weighted by molar-refractivity contribution is -0.145. The second kappa shape index (κ2) is 10.5. The number of hydrogen-bond acceptors (Lipinski definition) is 7. The predicted molar refractivity (Wildman–Crippen MR) is 110 cm³/mol. The fourth-order valence-corrected chi connectivity index (χ4v) is 3.12. The smallest absolute Gasteiger partial charge is 0.328 e. The Bertz CT molecular complexity index is 806. The number of esters is 1. The molecule has 29 heavy (non-hydrogen) atoms. The van der Waals surface area contributed by atoms with Gasteiger partial charge in [-0.15, -0.1) is 0 Å². The molecular weight excluding hydrogens is 372 g/mol. The summed E-state index contributed by atoms with van der Waals surface area (Å²) >= 11 is 0. The third-order valence-electron chi connectivity index (χ3n) is 4.77. The molecule has 1 N–H and O–H groups in total. The van der Waals surface area contributed by atoms with E-state index in [-0.39, 0.29) is 23.7 Å². The Hall–Kier alpha value is -3.00. The maximum absolute atomic E-state index is 13.0. The molecule has 3 atom stereocenters. The Morgan fingerprint density at radius 1 is 1.41 bits per heavy atom. The lowest BCUT2D eigenvalue weighted by Crippen LogP contribution is -2.41. The molecule has 1 fully saturated rings. The largest absolute Gasteiger partial charge is 0.467 e. The van der Waals surface area contributed by atoms with E-state index in [2.05, 4.69) is 21.9 Å². The van der Waals surface area contributed by atoms with Crippen molar-refractivity contribution in [2.45, 2.75) is 38.5 Å². The first-order valence-electron chi connectivity index (χ1n) is 9.41. The molecule has 0 aromatic carbocycles. The summed E-state index contributed by atoms with van der Waals surface area (Å²) in [6, 6.07) is 0.719. The molecule has 0 unspecified atom stereocenters. The topological polar surface area (TPSA) is 93.7 Å². The van der Waals surface area contributed by atoms with Crippen molar-refractivity contribution in [3.63, 3.8) is 0 Å².